The van der Waals surface area contributed by atoms with Gasteiger partial charge in [-0.05, 0) is 93.3 Å². The molecule has 4 nitrogen and oxygen atoms in total. The maximum absolute atomic E-state index is 15.6. The Hall–Kier alpha value is -6.62. The van der Waals surface area contributed by atoms with Crippen molar-refractivity contribution in [1.82, 2.24) is 15.0 Å². The lowest BCUT2D eigenvalue weighted by Crippen LogP contribution is -2.25. The van der Waals surface area contributed by atoms with Crippen molar-refractivity contribution >= 4 is 44.6 Å². The van der Waals surface area contributed by atoms with Crippen molar-refractivity contribution in [3.8, 4) is 45.3 Å². The number of halogens is 2. The zero-order valence-electron chi connectivity index (χ0n) is 28.8. The minimum Gasteiger partial charge on any atom is -0.309 e. The Balaban J connectivity index is 1.08. The molecular weight excluding hydrogens is 692 g/mol. The van der Waals surface area contributed by atoms with Crippen LogP contribution in [0.15, 0.2) is 182 Å². The molecule has 0 unspecified atom stereocenters. The maximum Gasteiger partial charge on any atom is 0.171 e. The standard InChI is InChI=1S/C47H30F2N3OP/c48-40-21-13-36(14-22-40)46-50-45(51-47(52-46)37-15-23-41(49)24-16-37)35-11-9-33(10-12-35)34-17-25-42(26-18-34)54(53,43-27-19-31-5-1-3-7-38(31)29-43)44-28-20-32-6-2-4-8-39(32)30-44/h1-30H. The number of fused-ring (bicyclic) bond motifs is 2. The van der Waals surface area contributed by atoms with E-state index in [1.54, 1.807) is 24.3 Å². The van der Waals surface area contributed by atoms with Gasteiger partial charge < -0.3 is 4.57 Å². The number of benzene rings is 8. The number of hydrogen-bond acceptors (Lipinski definition) is 4. The van der Waals surface area contributed by atoms with Crippen LogP contribution in [0.5, 0.6) is 0 Å². The Morgan fingerprint density at radius 3 is 1.06 bits per heavy atom. The fourth-order valence-electron chi connectivity index (χ4n) is 6.83. The minimum absolute atomic E-state index is 0.361. The van der Waals surface area contributed by atoms with E-state index in [1.807, 2.05) is 97.1 Å². The van der Waals surface area contributed by atoms with E-state index in [-0.39, 0.29) is 11.6 Å². The molecule has 0 atom stereocenters. The monoisotopic (exact) mass is 721 g/mol. The van der Waals surface area contributed by atoms with Crippen molar-refractivity contribution in [3.63, 3.8) is 0 Å². The molecule has 0 N–H and O–H groups in total. The van der Waals surface area contributed by atoms with Crippen molar-refractivity contribution in [1.29, 1.82) is 0 Å². The molecule has 8 aromatic carbocycles. The molecule has 9 aromatic rings. The normalized spacial score (nSPS) is 11.6. The van der Waals surface area contributed by atoms with Crippen LogP contribution in [0.1, 0.15) is 0 Å². The number of nitrogens with zero attached hydrogens (tertiary/aromatic N) is 3. The van der Waals surface area contributed by atoms with Gasteiger partial charge in [-0.3, -0.25) is 0 Å². The first kappa shape index (κ1) is 33.2. The van der Waals surface area contributed by atoms with Gasteiger partial charge in [-0.15, -0.1) is 0 Å². The summed E-state index contributed by atoms with van der Waals surface area (Å²) in [6, 6.07) is 56.2. The van der Waals surface area contributed by atoms with Crippen molar-refractivity contribution < 1.29 is 13.3 Å². The molecule has 0 amide bonds. The van der Waals surface area contributed by atoms with Gasteiger partial charge in [-0.25, -0.2) is 23.7 Å². The predicted molar refractivity (Wildman–Crippen MR) is 216 cm³/mol. The Morgan fingerprint density at radius 1 is 0.333 bits per heavy atom. The molecule has 0 saturated heterocycles. The summed E-state index contributed by atoms with van der Waals surface area (Å²) in [5.74, 6) is 0.459. The quantitative estimate of drug-likeness (QED) is 0.154. The topological polar surface area (TPSA) is 55.7 Å². The van der Waals surface area contributed by atoms with Crippen molar-refractivity contribution in [2.45, 2.75) is 0 Å². The smallest absolute Gasteiger partial charge is 0.171 e. The number of aromatic nitrogens is 3. The molecular formula is C47H30F2N3OP. The second-order valence-corrected chi connectivity index (χ2v) is 15.9. The van der Waals surface area contributed by atoms with Gasteiger partial charge in [0.2, 0.25) is 0 Å². The Kier molecular flexibility index (Phi) is 8.45. The summed E-state index contributed by atoms with van der Waals surface area (Å²) in [6.07, 6.45) is 0. The zero-order valence-corrected chi connectivity index (χ0v) is 29.7. The Morgan fingerprint density at radius 2 is 0.648 bits per heavy atom. The van der Waals surface area contributed by atoms with Gasteiger partial charge in [0.1, 0.15) is 11.6 Å². The minimum atomic E-state index is -3.27. The lowest BCUT2D eigenvalue weighted by atomic mass is 10.0. The first-order valence-electron chi connectivity index (χ1n) is 17.5. The van der Waals surface area contributed by atoms with E-state index in [2.05, 4.69) is 41.4 Å². The predicted octanol–water partition coefficient (Wildman–Crippen LogP) is 10.8. The fraction of sp³-hybridized carbons (Fsp3) is 0. The third-order valence-corrected chi connectivity index (χ3v) is 12.8. The van der Waals surface area contributed by atoms with E-state index in [9.17, 15) is 8.78 Å². The van der Waals surface area contributed by atoms with Crippen molar-refractivity contribution in [2.75, 3.05) is 0 Å². The highest BCUT2D eigenvalue weighted by atomic mass is 31.2. The molecule has 9 rings (SSSR count). The molecule has 7 heteroatoms. The van der Waals surface area contributed by atoms with E-state index in [4.69, 9.17) is 9.97 Å². The molecule has 1 aromatic heterocycles. The van der Waals surface area contributed by atoms with Crippen LogP contribution in [0.2, 0.25) is 0 Å². The first-order valence-corrected chi connectivity index (χ1v) is 19.2. The van der Waals surface area contributed by atoms with E-state index in [0.29, 0.717) is 28.6 Å². The summed E-state index contributed by atoms with van der Waals surface area (Å²) < 4.78 is 43.1. The van der Waals surface area contributed by atoms with Crippen molar-refractivity contribution in [2.24, 2.45) is 0 Å². The van der Waals surface area contributed by atoms with Gasteiger partial charge in [-0.1, -0.05) is 121 Å². The Bertz CT molecular complexity index is 2710. The number of rotatable bonds is 7. The summed E-state index contributed by atoms with van der Waals surface area (Å²) in [6.45, 7) is 0. The van der Waals surface area contributed by atoms with Crippen LogP contribution in [-0.4, -0.2) is 15.0 Å². The highest BCUT2D eigenvalue weighted by Crippen LogP contribution is 2.44. The number of hydrogen-bond donors (Lipinski definition) is 0. The van der Waals surface area contributed by atoms with Crippen LogP contribution in [0.25, 0.3) is 66.8 Å². The van der Waals surface area contributed by atoms with Gasteiger partial charge in [0.05, 0.1) is 0 Å². The third kappa shape index (κ3) is 6.27. The molecule has 0 bridgehead atoms. The summed E-state index contributed by atoms with van der Waals surface area (Å²) in [5.41, 5.74) is 3.93. The summed E-state index contributed by atoms with van der Waals surface area (Å²) in [4.78, 5) is 14.1. The van der Waals surface area contributed by atoms with Crippen LogP contribution in [0.3, 0.4) is 0 Å². The van der Waals surface area contributed by atoms with Gasteiger partial charge >= 0.3 is 0 Å². The van der Waals surface area contributed by atoms with Crippen molar-refractivity contribution in [3.05, 3.63) is 194 Å². The van der Waals surface area contributed by atoms with Crippen LogP contribution in [0.4, 0.5) is 8.78 Å². The van der Waals surface area contributed by atoms with E-state index in [0.717, 1.165) is 54.1 Å². The highest BCUT2D eigenvalue weighted by Gasteiger charge is 2.30. The first-order chi connectivity index (χ1) is 26.4. The molecule has 0 aliphatic heterocycles. The van der Waals surface area contributed by atoms with E-state index < -0.39 is 7.14 Å². The van der Waals surface area contributed by atoms with E-state index >= 15 is 4.57 Å². The molecule has 0 radical (unpaired) electrons. The average Bonchev–Trinajstić information content (AvgIpc) is 3.23. The fourth-order valence-corrected chi connectivity index (χ4v) is 9.50. The molecule has 258 valence electrons. The van der Waals surface area contributed by atoms with Crippen LogP contribution >= 0.6 is 7.14 Å². The Labute approximate surface area is 310 Å². The second-order valence-electron chi connectivity index (χ2n) is 13.1. The maximum atomic E-state index is 15.6. The van der Waals surface area contributed by atoms with E-state index in [1.165, 1.54) is 24.3 Å². The van der Waals surface area contributed by atoms with Crippen LogP contribution < -0.4 is 15.9 Å². The largest absolute Gasteiger partial charge is 0.309 e. The van der Waals surface area contributed by atoms with Gasteiger partial charge in [-0.2, -0.15) is 0 Å². The highest BCUT2D eigenvalue weighted by molar-refractivity contribution is 7.85. The molecule has 0 aliphatic rings. The van der Waals surface area contributed by atoms with Gasteiger partial charge in [0.25, 0.3) is 0 Å². The molecule has 54 heavy (non-hydrogen) atoms. The van der Waals surface area contributed by atoms with Crippen LogP contribution in [0, 0.1) is 11.6 Å². The average molecular weight is 722 g/mol. The molecule has 1 heterocycles. The zero-order chi connectivity index (χ0) is 36.6. The molecule has 0 spiro atoms. The summed E-state index contributed by atoms with van der Waals surface area (Å²) in [5, 5.41) is 6.60. The summed E-state index contributed by atoms with van der Waals surface area (Å²) >= 11 is 0. The molecule has 0 saturated carbocycles. The third-order valence-electron chi connectivity index (χ3n) is 9.74. The summed E-state index contributed by atoms with van der Waals surface area (Å²) in [7, 11) is -3.27. The van der Waals surface area contributed by atoms with Gasteiger partial charge in [0, 0.05) is 32.6 Å². The molecule has 0 aliphatic carbocycles. The van der Waals surface area contributed by atoms with Crippen LogP contribution in [-0.2, 0) is 4.57 Å². The molecule has 0 fully saturated rings. The lowest BCUT2D eigenvalue weighted by Gasteiger charge is -2.21. The second kappa shape index (κ2) is 13.7. The lowest BCUT2D eigenvalue weighted by molar-refractivity contribution is 0.592. The SMILES string of the molecule is O=P(c1ccc(-c2ccc(-c3nc(-c4ccc(F)cc4)nc(-c4ccc(F)cc4)n3)cc2)cc1)(c1ccc2ccccc2c1)c1ccc2ccccc2c1. The van der Waals surface area contributed by atoms with Gasteiger partial charge in [0.15, 0.2) is 24.6 Å².